The molecule has 3 rings (SSSR count). The average Bonchev–Trinajstić information content (AvgIpc) is 2.45. The third kappa shape index (κ3) is 1.97. The zero-order chi connectivity index (χ0) is 13.4. The molecule has 0 unspecified atom stereocenters. The zero-order valence-corrected chi connectivity index (χ0v) is 11.7. The van der Waals surface area contributed by atoms with Crippen molar-refractivity contribution in [2.75, 3.05) is 0 Å². The first kappa shape index (κ1) is 12.1. The first-order valence-corrected chi connectivity index (χ1v) is 6.91. The molecule has 0 fully saturated rings. The summed E-state index contributed by atoms with van der Waals surface area (Å²) in [5, 5.41) is 3.76. The summed E-state index contributed by atoms with van der Waals surface area (Å²) in [6.45, 7) is 6.39. The summed E-state index contributed by atoms with van der Waals surface area (Å²) < 4.78 is 0. The van der Waals surface area contributed by atoms with Gasteiger partial charge in [-0.3, -0.25) is 0 Å². The third-order valence-electron chi connectivity index (χ3n) is 3.61. The number of hydrogen-bond donors (Lipinski definition) is 0. The molecule has 0 bridgehead atoms. The Morgan fingerprint density at radius 3 is 2.53 bits per heavy atom. The minimum Gasteiger partial charge on any atom is -0.237 e. The summed E-state index contributed by atoms with van der Waals surface area (Å²) in [5.41, 5.74) is 3.52. The molecule has 0 aliphatic carbocycles. The number of aromatic nitrogens is 2. The fraction of sp³-hybridized carbons (Fsp3) is 0.294. The molecule has 3 aromatic rings. The summed E-state index contributed by atoms with van der Waals surface area (Å²) in [4.78, 5) is 9.36. The largest absolute Gasteiger partial charge is 0.237 e. The van der Waals surface area contributed by atoms with Gasteiger partial charge in [0.15, 0.2) is 0 Å². The lowest BCUT2D eigenvalue weighted by atomic mass is 10.0. The van der Waals surface area contributed by atoms with Gasteiger partial charge in [0.25, 0.3) is 0 Å². The maximum atomic E-state index is 4.70. The van der Waals surface area contributed by atoms with Crippen molar-refractivity contribution in [3.05, 3.63) is 47.4 Å². The molecule has 0 radical (unpaired) electrons. The Balaban J connectivity index is 2.46. The highest BCUT2D eigenvalue weighted by molar-refractivity contribution is 6.07. The molecular formula is C17H18N2. The van der Waals surface area contributed by atoms with E-state index in [4.69, 9.17) is 4.98 Å². The molecule has 0 N–H and O–H groups in total. The number of rotatable bonds is 2. The van der Waals surface area contributed by atoms with Crippen molar-refractivity contribution in [3.63, 3.8) is 0 Å². The minimum absolute atomic E-state index is 0.884. The van der Waals surface area contributed by atoms with Gasteiger partial charge in [-0.2, -0.15) is 0 Å². The van der Waals surface area contributed by atoms with E-state index < -0.39 is 0 Å². The highest BCUT2D eigenvalue weighted by Crippen LogP contribution is 2.27. The van der Waals surface area contributed by atoms with Crippen molar-refractivity contribution in [1.29, 1.82) is 0 Å². The van der Waals surface area contributed by atoms with Crippen LogP contribution in [-0.4, -0.2) is 9.97 Å². The number of nitrogens with zero attached hydrogens (tertiary/aromatic N) is 2. The molecule has 1 aromatic heterocycles. The van der Waals surface area contributed by atoms with Crippen molar-refractivity contribution >= 4 is 21.7 Å². The van der Waals surface area contributed by atoms with Gasteiger partial charge in [-0.25, -0.2) is 9.97 Å². The molecule has 19 heavy (non-hydrogen) atoms. The molecule has 0 aliphatic heterocycles. The average molecular weight is 250 g/mol. The standard InChI is InChI=1S/C17H18N2/c1-4-14-17-13-8-6-11(3)10-12(13)7-9-15(17)19-16(5-2)18-14/h6-10H,4-5H2,1-3H3. The number of benzene rings is 2. The van der Waals surface area contributed by atoms with Gasteiger partial charge < -0.3 is 0 Å². The molecule has 96 valence electrons. The molecule has 1 heterocycles. The third-order valence-corrected chi connectivity index (χ3v) is 3.61. The van der Waals surface area contributed by atoms with Crippen molar-refractivity contribution in [2.24, 2.45) is 0 Å². The van der Waals surface area contributed by atoms with Crippen LogP contribution in [0.15, 0.2) is 30.3 Å². The molecule has 0 spiro atoms. The Morgan fingerprint density at radius 2 is 1.79 bits per heavy atom. The van der Waals surface area contributed by atoms with E-state index >= 15 is 0 Å². The van der Waals surface area contributed by atoms with Gasteiger partial charge in [0.2, 0.25) is 0 Å². The van der Waals surface area contributed by atoms with Crippen LogP contribution < -0.4 is 0 Å². The van der Waals surface area contributed by atoms with Crippen molar-refractivity contribution in [2.45, 2.75) is 33.6 Å². The van der Waals surface area contributed by atoms with Gasteiger partial charge >= 0.3 is 0 Å². The minimum atomic E-state index is 0.884. The molecule has 0 amide bonds. The van der Waals surface area contributed by atoms with E-state index in [2.05, 4.69) is 56.1 Å². The van der Waals surface area contributed by atoms with Crippen LogP contribution in [0.25, 0.3) is 21.7 Å². The highest BCUT2D eigenvalue weighted by atomic mass is 14.9. The van der Waals surface area contributed by atoms with E-state index in [0.717, 1.165) is 29.9 Å². The second-order valence-corrected chi connectivity index (χ2v) is 4.98. The van der Waals surface area contributed by atoms with Gasteiger partial charge in [0.05, 0.1) is 11.2 Å². The fourth-order valence-corrected chi connectivity index (χ4v) is 2.62. The molecule has 2 aromatic carbocycles. The molecule has 2 heteroatoms. The first-order valence-electron chi connectivity index (χ1n) is 6.91. The topological polar surface area (TPSA) is 25.8 Å². The Morgan fingerprint density at radius 1 is 0.947 bits per heavy atom. The molecule has 0 saturated heterocycles. The van der Waals surface area contributed by atoms with Crippen LogP contribution in [0.2, 0.25) is 0 Å². The SMILES string of the molecule is CCc1nc(CC)c2c(ccc3cc(C)ccc32)n1. The first-order chi connectivity index (χ1) is 9.22. The van der Waals surface area contributed by atoms with Crippen molar-refractivity contribution in [1.82, 2.24) is 9.97 Å². The summed E-state index contributed by atoms with van der Waals surface area (Å²) in [6.07, 6.45) is 1.83. The van der Waals surface area contributed by atoms with Gasteiger partial charge in [0.1, 0.15) is 5.82 Å². The van der Waals surface area contributed by atoms with Crippen LogP contribution in [0.5, 0.6) is 0 Å². The number of fused-ring (bicyclic) bond motifs is 3. The molecule has 2 nitrogen and oxygen atoms in total. The van der Waals surface area contributed by atoms with Crippen molar-refractivity contribution in [3.8, 4) is 0 Å². The number of aryl methyl sites for hydroxylation is 3. The Labute approximate surface area is 113 Å². The predicted molar refractivity (Wildman–Crippen MR) is 80.5 cm³/mol. The van der Waals surface area contributed by atoms with Gasteiger partial charge in [-0.1, -0.05) is 43.7 Å². The van der Waals surface area contributed by atoms with Crippen LogP contribution >= 0.6 is 0 Å². The van der Waals surface area contributed by atoms with Gasteiger partial charge in [0, 0.05) is 11.8 Å². The smallest absolute Gasteiger partial charge is 0.129 e. The summed E-state index contributed by atoms with van der Waals surface area (Å²) in [6, 6.07) is 10.9. The van der Waals surface area contributed by atoms with E-state index in [1.165, 1.54) is 21.7 Å². The lowest BCUT2D eigenvalue weighted by molar-refractivity contribution is 0.913. The van der Waals surface area contributed by atoms with E-state index in [-0.39, 0.29) is 0 Å². The van der Waals surface area contributed by atoms with E-state index in [1.807, 2.05) is 0 Å². The second kappa shape index (κ2) is 4.61. The monoisotopic (exact) mass is 250 g/mol. The van der Waals surface area contributed by atoms with Crippen molar-refractivity contribution < 1.29 is 0 Å². The number of hydrogen-bond acceptors (Lipinski definition) is 2. The lowest BCUT2D eigenvalue weighted by Crippen LogP contribution is -2.00. The maximum absolute atomic E-state index is 4.70. The second-order valence-electron chi connectivity index (χ2n) is 4.98. The Kier molecular flexibility index (Phi) is 2.94. The van der Waals surface area contributed by atoms with Gasteiger partial charge in [-0.15, -0.1) is 0 Å². The quantitative estimate of drug-likeness (QED) is 0.636. The van der Waals surface area contributed by atoms with E-state index in [1.54, 1.807) is 0 Å². The van der Waals surface area contributed by atoms with E-state index in [9.17, 15) is 0 Å². The van der Waals surface area contributed by atoms with Crippen LogP contribution in [0.4, 0.5) is 0 Å². The Hall–Kier alpha value is -1.96. The molecular weight excluding hydrogens is 232 g/mol. The van der Waals surface area contributed by atoms with E-state index in [0.29, 0.717) is 0 Å². The summed E-state index contributed by atoms with van der Waals surface area (Å²) in [7, 11) is 0. The highest BCUT2D eigenvalue weighted by Gasteiger charge is 2.09. The maximum Gasteiger partial charge on any atom is 0.129 e. The molecule has 0 atom stereocenters. The molecule has 0 saturated carbocycles. The van der Waals surface area contributed by atoms with Crippen LogP contribution in [0, 0.1) is 6.92 Å². The predicted octanol–water partition coefficient (Wildman–Crippen LogP) is 4.22. The lowest BCUT2D eigenvalue weighted by Gasteiger charge is -2.09. The zero-order valence-electron chi connectivity index (χ0n) is 11.7. The van der Waals surface area contributed by atoms with Gasteiger partial charge in [-0.05, 0) is 30.2 Å². The summed E-state index contributed by atoms with van der Waals surface area (Å²) in [5.74, 6) is 0.941. The van der Waals surface area contributed by atoms with Crippen LogP contribution in [0.1, 0.15) is 30.9 Å². The molecule has 0 aliphatic rings. The summed E-state index contributed by atoms with van der Waals surface area (Å²) >= 11 is 0. The van der Waals surface area contributed by atoms with Crippen LogP contribution in [-0.2, 0) is 12.8 Å². The van der Waals surface area contributed by atoms with Crippen LogP contribution in [0.3, 0.4) is 0 Å². The fourth-order valence-electron chi connectivity index (χ4n) is 2.62. The Bertz CT molecular complexity index is 760. The normalized spacial score (nSPS) is 11.3.